The number of nitrogens with one attached hydrogen (secondary N) is 1. The Balaban J connectivity index is 1.41. The zero-order chi connectivity index (χ0) is 20.4. The van der Waals surface area contributed by atoms with Crippen LogP contribution in [0.1, 0.15) is 29.5 Å². The van der Waals surface area contributed by atoms with Gasteiger partial charge in [0.2, 0.25) is 5.91 Å². The van der Waals surface area contributed by atoms with Crippen LogP contribution in [-0.2, 0) is 17.8 Å². The van der Waals surface area contributed by atoms with E-state index in [9.17, 15) is 13.6 Å². The summed E-state index contributed by atoms with van der Waals surface area (Å²) in [7, 11) is 0. The molecule has 3 aromatic carbocycles. The summed E-state index contributed by atoms with van der Waals surface area (Å²) in [5.74, 6) is -1.80. The van der Waals surface area contributed by atoms with Crippen molar-refractivity contribution >= 4 is 5.91 Å². The summed E-state index contributed by atoms with van der Waals surface area (Å²) in [6.07, 6.45) is 0.925. The van der Waals surface area contributed by atoms with Crippen molar-refractivity contribution < 1.29 is 18.3 Å². The number of halogens is 2. The minimum atomic E-state index is -0.913. The van der Waals surface area contributed by atoms with Gasteiger partial charge < -0.3 is 10.1 Å². The van der Waals surface area contributed by atoms with Crippen LogP contribution in [0.25, 0.3) is 11.1 Å². The number of hydrogen-bond acceptors (Lipinski definition) is 2. The number of fused-ring (bicyclic) bond motifs is 1. The van der Waals surface area contributed by atoms with Crippen molar-refractivity contribution in [2.24, 2.45) is 0 Å². The van der Waals surface area contributed by atoms with Gasteiger partial charge >= 0.3 is 0 Å². The molecule has 148 valence electrons. The van der Waals surface area contributed by atoms with Gasteiger partial charge in [-0.3, -0.25) is 4.79 Å². The summed E-state index contributed by atoms with van der Waals surface area (Å²) in [5, 5.41) is 2.76. The smallest absolute Gasteiger partial charge is 0.227 e. The number of hydrogen-bond donors (Lipinski definition) is 1. The number of carbonyl (C=O) groups excluding carboxylic acids is 1. The quantitative estimate of drug-likeness (QED) is 0.663. The molecule has 3 nitrogen and oxygen atoms in total. The Kier molecular flexibility index (Phi) is 5.30. The molecule has 1 aliphatic heterocycles. The van der Waals surface area contributed by atoms with E-state index in [0.717, 1.165) is 47.6 Å². The molecular formula is C24H21F2NO2. The standard InChI is InChI=1S/C24H21F2NO2/c1-15(23-20(25)3-2-4-21(23)26)24(28)27-14-16-5-7-17(8-6-16)18-9-10-22-19(13-18)11-12-29-22/h2-10,13,15H,11-12,14H2,1H3,(H,27,28). The van der Waals surface area contributed by atoms with E-state index in [-0.39, 0.29) is 12.1 Å². The van der Waals surface area contributed by atoms with E-state index in [4.69, 9.17) is 4.74 Å². The van der Waals surface area contributed by atoms with Crippen LogP contribution in [0, 0.1) is 11.6 Å². The molecule has 4 rings (SSSR count). The van der Waals surface area contributed by atoms with Crippen LogP contribution in [0.2, 0.25) is 0 Å². The Morgan fingerprint density at radius 1 is 1.03 bits per heavy atom. The maximum absolute atomic E-state index is 13.9. The Morgan fingerprint density at radius 2 is 1.72 bits per heavy atom. The molecule has 0 aliphatic carbocycles. The van der Waals surface area contributed by atoms with Crippen LogP contribution in [-0.4, -0.2) is 12.5 Å². The van der Waals surface area contributed by atoms with Crippen LogP contribution in [0.3, 0.4) is 0 Å². The lowest BCUT2D eigenvalue weighted by Crippen LogP contribution is -2.28. The van der Waals surface area contributed by atoms with Crippen molar-refractivity contribution in [1.82, 2.24) is 5.32 Å². The maximum Gasteiger partial charge on any atom is 0.227 e. The highest BCUT2D eigenvalue weighted by Gasteiger charge is 2.22. The summed E-state index contributed by atoms with van der Waals surface area (Å²) in [6, 6.07) is 17.6. The van der Waals surface area contributed by atoms with E-state index < -0.39 is 23.5 Å². The van der Waals surface area contributed by atoms with Crippen molar-refractivity contribution in [2.45, 2.75) is 25.8 Å². The number of benzene rings is 3. The third-order valence-corrected chi connectivity index (χ3v) is 5.27. The zero-order valence-corrected chi connectivity index (χ0v) is 16.0. The lowest BCUT2D eigenvalue weighted by atomic mass is 9.98. The monoisotopic (exact) mass is 393 g/mol. The fraction of sp³-hybridized carbons (Fsp3) is 0.208. The molecule has 1 atom stereocenters. The second-order valence-corrected chi connectivity index (χ2v) is 7.19. The van der Waals surface area contributed by atoms with E-state index in [1.807, 2.05) is 36.4 Å². The number of amides is 1. The second-order valence-electron chi connectivity index (χ2n) is 7.19. The van der Waals surface area contributed by atoms with Gasteiger partial charge in [0.15, 0.2) is 0 Å². The second kappa shape index (κ2) is 8.03. The van der Waals surface area contributed by atoms with Crippen molar-refractivity contribution in [3.05, 3.63) is 89.0 Å². The number of ether oxygens (including phenoxy) is 1. The minimum absolute atomic E-state index is 0.207. The minimum Gasteiger partial charge on any atom is -0.493 e. The fourth-order valence-corrected chi connectivity index (χ4v) is 3.58. The molecule has 1 heterocycles. The van der Waals surface area contributed by atoms with Gasteiger partial charge in [-0.15, -0.1) is 0 Å². The van der Waals surface area contributed by atoms with Gasteiger partial charge in [-0.1, -0.05) is 36.4 Å². The van der Waals surface area contributed by atoms with Gasteiger partial charge in [0, 0.05) is 18.5 Å². The van der Waals surface area contributed by atoms with Crippen molar-refractivity contribution in [1.29, 1.82) is 0 Å². The van der Waals surface area contributed by atoms with E-state index in [2.05, 4.69) is 11.4 Å². The highest BCUT2D eigenvalue weighted by molar-refractivity contribution is 5.83. The van der Waals surface area contributed by atoms with Gasteiger partial charge in [-0.05, 0) is 53.4 Å². The first-order valence-electron chi connectivity index (χ1n) is 9.59. The summed E-state index contributed by atoms with van der Waals surface area (Å²) in [5.41, 5.74) is 4.12. The fourth-order valence-electron chi connectivity index (χ4n) is 3.58. The molecule has 29 heavy (non-hydrogen) atoms. The Bertz CT molecular complexity index is 1030. The molecule has 5 heteroatoms. The normalized spacial score (nSPS) is 13.5. The number of carbonyl (C=O) groups is 1. The molecule has 1 aliphatic rings. The average molecular weight is 393 g/mol. The van der Waals surface area contributed by atoms with Crippen LogP contribution in [0.15, 0.2) is 60.7 Å². The van der Waals surface area contributed by atoms with Gasteiger partial charge in [0.05, 0.1) is 12.5 Å². The van der Waals surface area contributed by atoms with E-state index >= 15 is 0 Å². The SMILES string of the molecule is CC(C(=O)NCc1ccc(-c2ccc3c(c2)CCO3)cc1)c1c(F)cccc1F. The van der Waals surface area contributed by atoms with Crippen molar-refractivity contribution in [3.8, 4) is 16.9 Å². The van der Waals surface area contributed by atoms with Crippen molar-refractivity contribution in [2.75, 3.05) is 6.61 Å². The Morgan fingerprint density at radius 3 is 2.45 bits per heavy atom. The molecular weight excluding hydrogens is 372 g/mol. The molecule has 0 saturated heterocycles. The van der Waals surface area contributed by atoms with E-state index in [1.54, 1.807) is 0 Å². The summed E-state index contributed by atoms with van der Waals surface area (Å²) in [6.45, 7) is 2.52. The highest BCUT2D eigenvalue weighted by Crippen LogP contribution is 2.30. The maximum atomic E-state index is 13.9. The molecule has 0 saturated carbocycles. The molecule has 0 aromatic heterocycles. The average Bonchev–Trinajstić information content (AvgIpc) is 3.20. The largest absolute Gasteiger partial charge is 0.493 e. The highest BCUT2D eigenvalue weighted by atomic mass is 19.1. The molecule has 0 bridgehead atoms. The lowest BCUT2D eigenvalue weighted by molar-refractivity contribution is -0.122. The summed E-state index contributed by atoms with van der Waals surface area (Å²) in [4.78, 5) is 12.4. The van der Waals surface area contributed by atoms with Gasteiger partial charge in [0.25, 0.3) is 0 Å². The lowest BCUT2D eigenvalue weighted by Gasteiger charge is -2.14. The van der Waals surface area contributed by atoms with Gasteiger partial charge in [-0.25, -0.2) is 8.78 Å². The van der Waals surface area contributed by atoms with Crippen LogP contribution in [0.5, 0.6) is 5.75 Å². The van der Waals surface area contributed by atoms with Gasteiger partial charge in [-0.2, -0.15) is 0 Å². The summed E-state index contributed by atoms with van der Waals surface area (Å²) < 4.78 is 33.3. The first-order valence-corrected chi connectivity index (χ1v) is 9.59. The molecule has 1 N–H and O–H groups in total. The molecule has 3 aromatic rings. The molecule has 1 amide bonds. The van der Waals surface area contributed by atoms with E-state index in [0.29, 0.717) is 0 Å². The van der Waals surface area contributed by atoms with Crippen LogP contribution in [0.4, 0.5) is 8.78 Å². The van der Waals surface area contributed by atoms with Crippen LogP contribution < -0.4 is 10.1 Å². The Labute approximate surface area is 168 Å². The topological polar surface area (TPSA) is 38.3 Å². The first kappa shape index (κ1) is 19.1. The molecule has 0 radical (unpaired) electrons. The Hall–Kier alpha value is -3.21. The molecule has 0 fully saturated rings. The predicted octanol–water partition coefficient (Wildman–Crippen LogP) is 4.99. The molecule has 0 spiro atoms. The first-order chi connectivity index (χ1) is 14.0. The third-order valence-electron chi connectivity index (χ3n) is 5.27. The predicted molar refractivity (Wildman–Crippen MR) is 108 cm³/mol. The van der Waals surface area contributed by atoms with Crippen LogP contribution >= 0.6 is 0 Å². The molecule has 1 unspecified atom stereocenters. The van der Waals surface area contributed by atoms with Crippen molar-refractivity contribution in [3.63, 3.8) is 0 Å². The zero-order valence-electron chi connectivity index (χ0n) is 16.0. The van der Waals surface area contributed by atoms with E-state index in [1.165, 1.54) is 18.6 Å². The summed E-state index contributed by atoms with van der Waals surface area (Å²) >= 11 is 0. The third kappa shape index (κ3) is 3.99. The number of rotatable bonds is 5. The van der Waals surface area contributed by atoms with Gasteiger partial charge in [0.1, 0.15) is 17.4 Å².